The second-order valence-electron chi connectivity index (χ2n) is 5.40. The molecule has 1 unspecified atom stereocenters. The van der Waals surface area contributed by atoms with E-state index in [-0.39, 0.29) is 6.10 Å². The fourth-order valence-corrected chi connectivity index (χ4v) is 2.08. The standard InChI is InChI=1S/C18H34O/c1-3-5-7-8-9-10-11-12-13-15-17-18(19)16-14-6-4-2/h9-10,12-13,18-19H,3-8,11,14-17H2,1-2H3/b10-9-,13-12-. The van der Waals surface area contributed by atoms with Gasteiger partial charge in [-0.2, -0.15) is 0 Å². The van der Waals surface area contributed by atoms with Crippen molar-refractivity contribution in [3.8, 4) is 0 Å². The number of rotatable bonds is 13. The average molecular weight is 266 g/mol. The fraction of sp³-hybridized carbons (Fsp3) is 0.778. The summed E-state index contributed by atoms with van der Waals surface area (Å²) in [5.41, 5.74) is 0. The molecule has 0 aliphatic heterocycles. The number of unbranched alkanes of at least 4 members (excludes halogenated alkanes) is 5. The predicted octanol–water partition coefficient (Wildman–Crippen LogP) is 5.79. The van der Waals surface area contributed by atoms with Crippen molar-refractivity contribution in [2.24, 2.45) is 0 Å². The molecule has 0 fully saturated rings. The van der Waals surface area contributed by atoms with Crippen molar-refractivity contribution >= 4 is 0 Å². The van der Waals surface area contributed by atoms with E-state index < -0.39 is 0 Å². The van der Waals surface area contributed by atoms with Crippen LogP contribution in [-0.4, -0.2) is 11.2 Å². The van der Waals surface area contributed by atoms with Crippen molar-refractivity contribution in [2.75, 3.05) is 0 Å². The maximum Gasteiger partial charge on any atom is 0.0543 e. The lowest BCUT2D eigenvalue weighted by atomic mass is 10.1. The topological polar surface area (TPSA) is 20.2 Å². The Kier molecular flexibility index (Phi) is 15.0. The third-order valence-corrected chi connectivity index (χ3v) is 3.39. The minimum Gasteiger partial charge on any atom is -0.393 e. The summed E-state index contributed by atoms with van der Waals surface area (Å²) in [5.74, 6) is 0. The van der Waals surface area contributed by atoms with Gasteiger partial charge in [0.1, 0.15) is 0 Å². The zero-order valence-electron chi connectivity index (χ0n) is 13.1. The number of allylic oxidation sites excluding steroid dienone is 4. The Balaban J connectivity index is 3.33. The molecule has 0 saturated carbocycles. The Hall–Kier alpha value is -0.560. The SMILES string of the molecule is CCCCC/C=C\C/C=C\CCC(O)CCCCC. The summed E-state index contributed by atoms with van der Waals surface area (Å²) in [7, 11) is 0. The Bertz CT molecular complexity index is 218. The van der Waals surface area contributed by atoms with Crippen LogP contribution >= 0.6 is 0 Å². The molecule has 0 saturated heterocycles. The fourth-order valence-electron chi connectivity index (χ4n) is 2.08. The van der Waals surface area contributed by atoms with Crippen molar-refractivity contribution in [1.82, 2.24) is 0 Å². The molecule has 0 aromatic carbocycles. The Morgan fingerprint density at radius 3 is 2.05 bits per heavy atom. The van der Waals surface area contributed by atoms with E-state index in [4.69, 9.17) is 0 Å². The van der Waals surface area contributed by atoms with Crippen LogP contribution in [0.4, 0.5) is 0 Å². The van der Waals surface area contributed by atoms with E-state index in [0.29, 0.717) is 0 Å². The van der Waals surface area contributed by atoms with E-state index in [1.54, 1.807) is 0 Å². The van der Waals surface area contributed by atoms with Crippen molar-refractivity contribution in [2.45, 2.75) is 90.6 Å². The first-order valence-electron chi connectivity index (χ1n) is 8.29. The van der Waals surface area contributed by atoms with Gasteiger partial charge in [0.15, 0.2) is 0 Å². The minimum atomic E-state index is -0.0965. The average Bonchev–Trinajstić information content (AvgIpc) is 2.41. The van der Waals surface area contributed by atoms with Gasteiger partial charge in [-0.05, 0) is 38.5 Å². The molecule has 1 N–H and O–H groups in total. The zero-order valence-corrected chi connectivity index (χ0v) is 13.1. The van der Waals surface area contributed by atoms with Crippen LogP contribution < -0.4 is 0 Å². The summed E-state index contributed by atoms with van der Waals surface area (Å²) in [6, 6.07) is 0. The van der Waals surface area contributed by atoms with Gasteiger partial charge in [0.25, 0.3) is 0 Å². The van der Waals surface area contributed by atoms with Crippen molar-refractivity contribution in [3.05, 3.63) is 24.3 Å². The van der Waals surface area contributed by atoms with Crippen LogP contribution in [0.15, 0.2) is 24.3 Å². The highest BCUT2D eigenvalue weighted by molar-refractivity contribution is 4.92. The molecule has 112 valence electrons. The third-order valence-electron chi connectivity index (χ3n) is 3.39. The third kappa shape index (κ3) is 15.4. The summed E-state index contributed by atoms with van der Waals surface area (Å²) in [6.07, 6.45) is 21.6. The van der Waals surface area contributed by atoms with Crippen molar-refractivity contribution < 1.29 is 5.11 Å². The molecule has 0 spiro atoms. The second kappa shape index (κ2) is 15.5. The van der Waals surface area contributed by atoms with Crippen LogP contribution in [0.2, 0.25) is 0 Å². The Morgan fingerprint density at radius 2 is 1.37 bits per heavy atom. The molecular formula is C18H34O. The Labute approximate surface area is 120 Å². The van der Waals surface area contributed by atoms with Gasteiger partial charge in [0, 0.05) is 0 Å². The molecule has 0 radical (unpaired) electrons. The highest BCUT2D eigenvalue weighted by Gasteiger charge is 2.01. The lowest BCUT2D eigenvalue weighted by Crippen LogP contribution is -2.05. The molecule has 1 atom stereocenters. The molecule has 0 aromatic rings. The number of aliphatic hydroxyl groups is 1. The summed E-state index contributed by atoms with van der Waals surface area (Å²) < 4.78 is 0. The van der Waals surface area contributed by atoms with Crippen LogP contribution in [0.3, 0.4) is 0 Å². The van der Waals surface area contributed by atoms with Gasteiger partial charge in [0.2, 0.25) is 0 Å². The Morgan fingerprint density at radius 1 is 0.737 bits per heavy atom. The highest BCUT2D eigenvalue weighted by Crippen LogP contribution is 2.08. The van der Waals surface area contributed by atoms with Crippen molar-refractivity contribution in [3.63, 3.8) is 0 Å². The highest BCUT2D eigenvalue weighted by atomic mass is 16.3. The molecule has 0 bridgehead atoms. The normalized spacial score (nSPS) is 13.6. The number of hydrogen-bond donors (Lipinski definition) is 1. The van der Waals surface area contributed by atoms with Crippen LogP contribution in [0.5, 0.6) is 0 Å². The zero-order chi connectivity index (χ0) is 14.2. The molecule has 0 aromatic heterocycles. The van der Waals surface area contributed by atoms with E-state index in [1.807, 2.05) is 0 Å². The van der Waals surface area contributed by atoms with Crippen LogP contribution in [0, 0.1) is 0 Å². The molecule has 0 aliphatic carbocycles. The summed E-state index contributed by atoms with van der Waals surface area (Å²) in [4.78, 5) is 0. The first-order valence-corrected chi connectivity index (χ1v) is 8.29. The molecule has 1 nitrogen and oxygen atoms in total. The molecule has 0 heterocycles. The van der Waals surface area contributed by atoms with Gasteiger partial charge in [0.05, 0.1) is 6.10 Å². The van der Waals surface area contributed by atoms with Gasteiger partial charge in [-0.15, -0.1) is 0 Å². The van der Waals surface area contributed by atoms with E-state index in [9.17, 15) is 5.11 Å². The summed E-state index contributed by atoms with van der Waals surface area (Å²) >= 11 is 0. The van der Waals surface area contributed by atoms with Crippen molar-refractivity contribution in [1.29, 1.82) is 0 Å². The molecule has 0 aliphatic rings. The van der Waals surface area contributed by atoms with Crippen LogP contribution in [-0.2, 0) is 0 Å². The van der Waals surface area contributed by atoms with Crippen LogP contribution in [0.25, 0.3) is 0 Å². The lowest BCUT2D eigenvalue weighted by Gasteiger charge is -2.07. The molecule has 0 rings (SSSR count). The van der Waals surface area contributed by atoms with Gasteiger partial charge in [-0.25, -0.2) is 0 Å². The quantitative estimate of drug-likeness (QED) is 0.330. The van der Waals surface area contributed by atoms with Crippen LogP contribution in [0.1, 0.15) is 84.5 Å². The first-order chi connectivity index (χ1) is 9.31. The smallest absolute Gasteiger partial charge is 0.0543 e. The largest absolute Gasteiger partial charge is 0.393 e. The second-order valence-corrected chi connectivity index (χ2v) is 5.40. The van der Waals surface area contributed by atoms with E-state index in [1.165, 1.54) is 44.9 Å². The van der Waals surface area contributed by atoms with E-state index in [2.05, 4.69) is 38.2 Å². The minimum absolute atomic E-state index is 0.0965. The predicted molar refractivity (Wildman–Crippen MR) is 86.4 cm³/mol. The van der Waals surface area contributed by atoms with Gasteiger partial charge >= 0.3 is 0 Å². The number of hydrogen-bond acceptors (Lipinski definition) is 1. The van der Waals surface area contributed by atoms with E-state index >= 15 is 0 Å². The molecule has 19 heavy (non-hydrogen) atoms. The molecule has 0 amide bonds. The molecular weight excluding hydrogens is 232 g/mol. The monoisotopic (exact) mass is 266 g/mol. The maximum absolute atomic E-state index is 9.75. The van der Waals surface area contributed by atoms with Gasteiger partial charge < -0.3 is 5.11 Å². The number of aliphatic hydroxyl groups excluding tert-OH is 1. The maximum atomic E-state index is 9.75. The first kappa shape index (κ1) is 18.4. The van der Waals surface area contributed by atoms with E-state index in [0.717, 1.165) is 25.7 Å². The van der Waals surface area contributed by atoms with Gasteiger partial charge in [-0.3, -0.25) is 0 Å². The lowest BCUT2D eigenvalue weighted by molar-refractivity contribution is 0.152. The van der Waals surface area contributed by atoms with Gasteiger partial charge in [-0.1, -0.05) is 70.3 Å². The summed E-state index contributed by atoms with van der Waals surface area (Å²) in [6.45, 7) is 4.44. The molecule has 1 heteroatoms. The summed E-state index contributed by atoms with van der Waals surface area (Å²) in [5, 5.41) is 9.75.